The smallest absolute Gasteiger partial charge is 0.376 e. The standard InChI is InChI=1S/C17H29ClN2O3Si/c1-6-17(24(21-4,22-5)23-14-18)19-15(3)20(7-2)13-16-11-9-8-10-12-16/h7-12,15,17,19H,2,6,13-14H2,1,3-5H3. The summed E-state index contributed by atoms with van der Waals surface area (Å²) in [5, 5.41) is 3.55. The van der Waals surface area contributed by atoms with E-state index >= 15 is 0 Å². The van der Waals surface area contributed by atoms with E-state index in [1.807, 2.05) is 24.4 Å². The molecule has 0 spiro atoms. The number of nitrogens with zero attached hydrogens (tertiary/aromatic N) is 1. The van der Waals surface area contributed by atoms with Crippen molar-refractivity contribution in [3.05, 3.63) is 48.7 Å². The molecule has 24 heavy (non-hydrogen) atoms. The fourth-order valence-electron chi connectivity index (χ4n) is 2.67. The maximum atomic E-state index is 5.78. The number of benzene rings is 1. The second kappa shape index (κ2) is 10.9. The van der Waals surface area contributed by atoms with Crippen molar-refractivity contribution in [2.75, 3.05) is 20.3 Å². The van der Waals surface area contributed by atoms with Crippen LogP contribution in [0, 0.1) is 0 Å². The van der Waals surface area contributed by atoms with Crippen LogP contribution in [0.5, 0.6) is 0 Å². The Hall–Kier alpha value is -0.893. The maximum absolute atomic E-state index is 5.78. The summed E-state index contributed by atoms with van der Waals surface area (Å²) in [5.74, 6) is 0. The second-order valence-corrected chi connectivity index (χ2v) is 8.64. The van der Waals surface area contributed by atoms with Crippen LogP contribution in [0.25, 0.3) is 0 Å². The molecule has 1 aromatic rings. The summed E-state index contributed by atoms with van der Waals surface area (Å²) in [6.07, 6.45) is 2.66. The molecular weight excluding hydrogens is 344 g/mol. The van der Waals surface area contributed by atoms with Gasteiger partial charge in [-0.2, -0.15) is 0 Å². The Labute approximate surface area is 151 Å². The molecule has 0 saturated heterocycles. The lowest BCUT2D eigenvalue weighted by molar-refractivity contribution is 0.0911. The van der Waals surface area contributed by atoms with Crippen molar-refractivity contribution >= 4 is 20.4 Å². The molecule has 0 aliphatic carbocycles. The van der Waals surface area contributed by atoms with Gasteiger partial charge in [-0.05, 0) is 25.1 Å². The van der Waals surface area contributed by atoms with Crippen molar-refractivity contribution in [3.63, 3.8) is 0 Å². The number of hydrogen-bond acceptors (Lipinski definition) is 5. The van der Waals surface area contributed by atoms with E-state index in [4.69, 9.17) is 24.9 Å². The molecule has 0 saturated carbocycles. The van der Waals surface area contributed by atoms with E-state index in [2.05, 4.69) is 42.8 Å². The Balaban J connectivity index is 2.83. The van der Waals surface area contributed by atoms with Gasteiger partial charge in [-0.1, -0.05) is 55.4 Å². The number of hydrogen-bond donors (Lipinski definition) is 1. The van der Waals surface area contributed by atoms with E-state index in [1.165, 1.54) is 5.56 Å². The van der Waals surface area contributed by atoms with Crippen LogP contribution in [0.15, 0.2) is 43.1 Å². The zero-order chi connectivity index (χ0) is 18.0. The van der Waals surface area contributed by atoms with E-state index in [9.17, 15) is 0 Å². The van der Waals surface area contributed by atoms with Gasteiger partial charge in [-0.25, -0.2) is 0 Å². The van der Waals surface area contributed by atoms with E-state index in [-0.39, 0.29) is 17.9 Å². The molecule has 2 unspecified atom stereocenters. The van der Waals surface area contributed by atoms with Gasteiger partial charge >= 0.3 is 8.80 Å². The van der Waals surface area contributed by atoms with Crippen molar-refractivity contribution < 1.29 is 13.3 Å². The molecule has 7 heteroatoms. The first-order valence-electron chi connectivity index (χ1n) is 8.05. The van der Waals surface area contributed by atoms with Gasteiger partial charge in [-0.3, -0.25) is 5.32 Å². The summed E-state index contributed by atoms with van der Waals surface area (Å²) >= 11 is 5.78. The molecule has 0 aliphatic heterocycles. The highest BCUT2D eigenvalue weighted by Crippen LogP contribution is 2.18. The fourth-order valence-corrected chi connectivity index (χ4v) is 5.40. The lowest BCUT2D eigenvalue weighted by Gasteiger charge is -2.37. The third-order valence-electron chi connectivity index (χ3n) is 4.04. The highest BCUT2D eigenvalue weighted by molar-refractivity contribution is 6.62. The van der Waals surface area contributed by atoms with Crippen molar-refractivity contribution in [1.29, 1.82) is 0 Å². The Morgan fingerprint density at radius 3 is 2.38 bits per heavy atom. The molecule has 0 bridgehead atoms. The minimum atomic E-state index is -2.89. The molecular formula is C17H29ClN2O3Si. The summed E-state index contributed by atoms with van der Waals surface area (Å²) in [6, 6.07) is 10.3. The fraction of sp³-hybridized carbons (Fsp3) is 0.529. The molecule has 2 atom stereocenters. The minimum Gasteiger partial charge on any atom is -0.376 e. The third-order valence-corrected chi connectivity index (χ3v) is 7.45. The zero-order valence-electron chi connectivity index (χ0n) is 15.0. The number of rotatable bonds is 12. The maximum Gasteiger partial charge on any atom is 0.519 e. The number of alkyl halides is 1. The average Bonchev–Trinajstić information content (AvgIpc) is 2.63. The first kappa shape index (κ1) is 21.2. The molecule has 5 nitrogen and oxygen atoms in total. The van der Waals surface area contributed by atoms with Crippen LogP contribution >= 0.6 is 11.6 Å². The van der Waals surface area contributed by atoms with Gasteiger partial charge in [0.2, 0.25) is 0 Å². The Morgan fingerprint density at radius 1 is 1.29 bits per heavy atom. The quantitative estimate of drug-likeness (QED) is 0.346. The molecule has 0 aliphatic rings. The third kappa shape index (κ3) is 5.58. The van der Waals surface area contributed by atoms with Crippen LogP contribution in [0.2, 0.25) is 0 Å². The van der Waals surface area contributed by atoms with Crippen LogP contribution in [-0.2, 0) is 19.8 Å². The van der Waals surface area contributed by atoms with Gasteiger partial charge in [-0.15, -0.1) is 0 Å². The lowest BCUT2D eigenvalue weighted by Crippen LogP contribution is -2.63. The molecule has 0 aromatic heterocycles. The van der Waals surface area contributed by atoms with Gasteiger partial charge in [0.1, 0.15) is 6.07 Å². The van der Waals surface area contributed by atoms with Gasteiger partial charge in [0.25, 0.3) is 0 Å². The van der Waals surface area contributed by atoms with Crippen molar-refractivity contribution in [2.45, 2.75) is 38.6 Å². The number of halogens is 1. The molecule has 0 heterocycles. The van der Waals surface area contributed by atoms with E-state index < -0.39 is 8.80 Å². The van der Waals surface area contributed by atoms with Crippen LogP contribution in [0.1, 0.15) is 25.8 Å². The molecule has 136 valence electrons. The summed E-state index contributed by atoms with van der Waals surface area (Å²) in [7, 11) is 0.317. The van der Waals surface area contributed by atoms with E-state index in [1.54, 1.807) is 14.2 Å². The lowest BCUT2D eigenvalue weighted by atomic mass is 10.2. The minimum absolute atomic E-state index is 0.0313. The average molecular weight is 373 g/mol. The van der Waals surface area contributed by atoms with E-state index in [0.717, 1.165) is 13.0 Å². The van der Waals surface area contributed by atoms with Gasteiger partial charge in [0, 0.05) is 20.8 Å². The predicted octanol–water partition coefficient (Wildman–Crippen LogP) is 3.33. The second-order valence-electron chi connectivity index (χ2n) is 5.41. The van der Waals surface area contributed by atoms with Gasteiger partial charge in [0.15, 0.2) is 0 Å². The van der Waals surface area contributed by atoms with Gasteiger partial charge in [0.05, 0.1) is 11.8 Å². The van der Waals surface area contributed by atoms with Crippen LogP contribution in [-0.4, -0.2) is 45.8 Å². The molecule has 1 N–H and O–H groups in total. The summed E-state index contributed by atoms with van der Waals surface area (Å²) in [4.78, 5) is 2.13. The van der Waals surface area contributed by atoms with Gasteiger partial charge < -0.3 is 18.2 Å². The van der Waals surface area contributed by atoms with Crippen LogP contribution in [0.3, 0.4) is 0 Å². The van der Waals surface area contributed by atoms with Crippen molar-refractivity contribution in [1.82, 2.24) is 10.2 Å². The molecule has 0 amide bonds. The molecule has 0 radical (unpaired) electrons. The SMILES string of the molecule is C=CN(Cc1ccccc1)C(C)NC(CC)[Si](OC)(OC)OCCl. The number of nitrogens with one attached hydrogen (secondary N) is 1. The van der Waals surface area contributed by atoms with Crippen LogP contribution < -0.4 is 5.32 Å². The van der Waals surface area contributed by atoms with Crippen LogP contribution in [0.4, 0.5) is 0 Å². The predicted molar refractivity (Wildman–Crippen MR) is 100 cm³/mol. The largest absolute Gasteiger partial charge is 0.519 e. The highest BCUT2D eigenvalue weighted by Gasteiger charge is 2.48. The summed E-state index contributed by atoms with van der Waals surface area (Å²) in [5.41, 5.74) is 1.15. The van der Waals surface area contributed by atoms with E-state index in [0.29, 0.717) is 0 Å². The molecule has 0 fully saturated rings. The monoisotopic (exact) mass is 372 g/mol. The van der Waals surface area contributed by atoms with Crippen molar-refractivity contribution in [3.8, 4) is 0 Å². The summed E-state index contributed by atoms with van der Waals surface area (Å²) < 4.78 is 16.9. The molecule has 1 aromatic carbocycles. The van der Waals surface area contributed by atoms with Crippen molar-refractivity contribution in [2.24, 2.45) is 0 Å². The highest BCUT2D eigenvalue weighted by atomic mass is 35.5. The topological polar surface area (TPSA) is 43.0 Å². The Morgan fingerprint density at radius 2 is 1.92 bits per heavy atom. The molecule has 1 rings (SSSR count). The first-order chi connectivity index (χ1) is 11.6. The summed E-state index contributed by atoms with van der Waals surface area (Å²) in [6.45, 7) is 8.84. The first-order valence-corrected chi connectivity index (χ1v) is 10.4. The normalized spacial score (nSPS) is 14.2. The zero-order valence-corrected chi connectivity index (χ0v) is 16.8. The Kier molecular flexibility index (Phi) is 9.58. The Bertz CT molecular complexity index is 474.